The number of aliphatic imine (C=N–C) groups is 1. The molecule has 1 aromatic rings. The Morgan fingerprint density at radius 1 is 1.48 bits per heavy atom. The van der Waals surface area contributed by atoms with Crippen molar-refractivity contribution in [2.24, 2.45) is 4.99 Å². The van der Waals surface area contributed by atoms with Crippen LogP contribution in [-0.2, 0) is 22.7 Å². The maximum atomic E-state index is 11.4. The summed E-state index contributed by atoms with van der Waals surface area (Å²) in [6, 6.07) is 3.02. The molecule has 0 spiro atoms. The quantitative estimate of drug-likeness (QED) is 0.665. The fourth-order valence-corrected chi connectivity index (χ4v) is 2.45. The Kier molecular flexibility index (Phi) is 4.10. The van der Waals surface area contributed by atoms with E-state index in [2.05, 4.69) is 10.3 Å². The van der Waals surface area contributed by atoms with Gasteiger partial charge in [-0.3, -0.25) is 20.2 Å². The van der Waals surface area contributed by atoms with Gasteiger partial charge in [-0.15, -0.1) is 12.4 Å². The number of carbonyl (C=O) groups is 1. The highest BCUT2D eigenvalue weighted by atomic mass is 35.5. The number of nitrogens with one attached hydrogen (secondary N) is 1. The van der Waals surface area contributed by atoms with Crippen LogP contribution in [0.3, 0.4) is 0 Å². The average Bonchev–Trinajstić information content (AvgIpc) is 2.75. The third-order valence-electron chi connectivity index (χ3n) is 3.33. The Morgan fingerprint density at radius 3 is 2.90 bits per heavy atom. The van der Waals surface area contributed by atoms with E-state index in [1.165, 1.54) is 13.2 Å². The van der Waals surface area contributed by atoms with E-state index in [1.807, 2.05) is 0 Å². The lowest BCUT2D eigenvalue weighted by Gasteiger charge is -2.24. The molecular formula is C12H13ClN4O4. The zero-order chi connectivity index (χ0) is 14.3. The highest BCUT2D eigenvalue weighted by molar-refractivity contribution is 6.05. The number of hydrogen-bond donors (Lipinski definition) is 1. The number of ether oxygens (including phenoxy) is 1. The van der Waals surface area contributed by atoms with E-state index in [9.17, 15) is 14.9 Å². The number of nitro groups is 1. The van der Waals surface area contributed by atoms with Crippen molar-refractivity contribution in [1.29, 1.82) is 0 Å². The van der Waals surface area contributed by atoms with Crippen LogP contribution in [0.25, 0.3) is 0 Å². The summed E-state index contributed by atoms with van der Waals surface area (Å²) in [7, 11) is 1.49. The van der Waals surface area contributed by atoms with Gasteiger partial charge in [-0.2, -0.15) is 0 Å². The molecular weight excluding hydrogens is 300 g/mol. The standard InChI is InChI=1S/C12H12N4O4.ClH/c1-20-6-8-7-4-15-5-11(17)14-12(15)13-9(7)2-3-10(8)16(18)19;/h2-3H,4-6H2,1H3,(H,13,14,17);1H. The van der Waals surface area contributed by atoms with E-state index in [0.29, 0.717) is 23.8 Å². The van der Waals surface area contributed by atoms with Gasteiger partial charge >= 0.3 is 0 Å². The topological polar surface area (TPSA) is 97.1 Å². The Bertz CT molecular complexity index is 646. The second-order valence-corrected chi connectivity index (χ2v) is 4.59. The van der Waals surface area contributed by atoms with Crippen LogP contribution >= 0.6 is 12.4 Å². The summed E-state index contributed by atoms with van der Waals surface area (Å²) in [5, 5.41) is 13.8. The van der Waals surface area contributed by atoms with Crippen LogP contribution in [0.2, 0.25) is 0 Å². The fraction of sp³-hybridized carbons (Fsp3) is 0.333. The van der Waals surface area contributed by atoms with Crippen molar-refractivity contribution in [2.45, 2.75) is 13.2 Å². The molecule has 2 heterocycles. The van der Waals surface area contributed by atoms with Crippen LogP contribution in [0.15, 0.2) is 17.1 Å². The molecule has 0 saturated carbocycles. The predicted molar refractivity (Wildman–Crippen MR) is 76.7 cm³/mol. The van der Waals surface area contributed by atoms with E-state index in [1.54, 1.807) is 11.0 Å². The van der Waals surface area contributed by atoms with Crippen molar-refractivity contribution >= 4 is 35.6 Å². The number of nitrogens with zero attached hydrogens (tertiary/aromatic N) is 3. The number of guanidine groups is 1. The maximum absolute atomic E-state index is 11.4. The minimum Gasteiger partial charge on any atom is -0.380 e. The number of hydrogen-bond acceptors (Lipinski definition) is 6. The van der Waals surface area contributed by atoms with Crippen LogP contribution in [0, 0.1) is 10.1 Å². The van der Waals surface area contributed by atoms with E-state index < -0.39 is 4.92 Å². The first-order valence-electron chi connectivity index (χ1n) is 6.01. The highest BCUT2D eigenvalue weighted by Crippen LogP contribution is 2.35. The number of amides is 1. The van der Waals surface area contributed by atoms with Crippen molar-refractivity contribution < 1.29 is 14.5 Å². The van der Waals surface area contributed by atoms with E-state index in [0.717, 1.165) is 5.56 Å². The van der Waals surface area contributed by atoms with Gasteiger partial charge in [0, 0.05) is 25.3 Å². The molecule has 2 aliphatic rings. The minimum atomic E-state index is -0.429. The number of fused-ring (bicyclic) bond motifs is 2. The molecule has 8 nitrogen and oxygen atoms in total. The lowest BCUT2D eigenvalue weighted by atomic mass is 10.0. The molecule has 1 N–H and O–H groups in total. The Labute approximate surface area is 126 Å². The summed E-state index contributed by atoms with van der Waals surface area (Å²) in [5.41, 5.74) is 1.90. The maximum Gasteiger partial charge on any atom is 0.275 e. The fourth-order valence-electron chi connectivity index (χ4n) is 2.45. The van der Waals surface area contributed by atoms with Gasteiger partial charge in [-0.25, -0.2) is 4.99 Å². The molecule has 0 radical (unpaired) electrons. The van der Waals surface area contributed by atoms with Gasteiger partial charge in [0.05, 0.1) is 22.8 Å². The monoisotopic (exact) mass is 312 g/mol. The molecule has 21 heavy (non-hydrogen) atoms. The summed E-state index contributed by atoms with van der Waals surface area (Å²) in [5.74, 6) is 0.374. The van der Waals surface area contributed by atoms with Crippen LogP contribution in [0.4, 0.5) is 11.4 Å². The van der Waals surface area contributed by atoms with Crippen LogP contribution in [0.1, 0.15) is 11.1 Å². The number of nitro benzene ring substituents is 1. The van der Waals surface area contributed by atoms with Gasteiger partial charge < -0.3 is 9.64 Å². The van der Waals surface area contributed by atoms with Gasteiger partial charge in [0.1, 0.15) is 6.54 Å². The molecule has 9 heteroatoms. The molecule has 112 valence electrons. The smallest absolute Gasteiger partial charge is 0.275 e. The molecule has 0 aliphatic carbocycles. The highest BCUT2D eigenvalue weighted by Gasteiger charge is 2.32. The van der Waals surface area contributed by atoms with Gasteiger partial charge in [-0.05, 0) is 6.07 Å². The Balaban J connectivity index is 0.00000161. The summed E-state index contributed by atoms with van der Waals surface area (Å²) in [6.07, 6.45) is 0. The summed E-state index contributed by atoms with van der Waals surface area (Å²) < 4.78 is 5.06. The predicted octanol–water partition coefficient (Wildman–Crippen LogP) is 1.10. The van der Waals surface area contributed by atoms with Crippen molar-refractivity contribution in [3.63, 3.8) is 0 Å². The van der Waals surface area contributed by atoms with Crippen LogP contribution in [-0.4, -0.2) is 35.3 Å². The van der Waals surface area contributed by atoms with Crippen LogP contribution < -0.4 is 5.32 Å². The number of halogens is 1. The summed E-state index contributed by atoms with van der Waals surface area (Å²) in [4.78, 5) is 28.1. The first-order valence-corrected chi connectivity index (χ1v) is 6.01. The van der Waals surface area contributed by atoms with Crippen molar-refractivity contribution in [3.05, 3.63) is 33.4 Å². The molecule has 0 atom stereocenters. The molecule has 1 amide bonds. The number of carbonyl (C=O) groups excluding carboxylic acids is 1. The molecule has 2 aliphatic heterocycles. The SMILES string of the molecule is COCc1c([N+](=O)[O-])ccc2c1CN1CC(=O)NC1=N2.Cl. The van der Waals surface area contributed by atoms with E-state index >= 15 is 0 Å². The lowest BCUT2D eigenvalue weighted by molar-refractivity contribution is -0.386. The minimum absolute atomic E-state index is 0. The van der Waals surface area contributed by atoms with Crippen molar-refractivity contribution in [3.8, 4) is 0 Å². The molecule has 1 aromatic carbocycles. The summed E-state index contributed by atoms with van der Waals surface area (Å²) >= 11 is 0. The van der Waals surface area contributed by atoms with Gasteiger partial charge in [-0.1, -0.05) is 0 Å². The normalized spacial score (nSPS) is 15.6. The number of rotatable bonds is 3. The second kappa shape index (κ2) is 5.66. The Hall–Kier alpha value is -2.19. The van der Waals surface area contributed by atoms with Crippen molar-refractivity contribution in [2.75, 3.05) is 13.7 Å². The second-order valence-electron chi connectivity index (χ2n) is 4.59. The summed E-state index contributed by atoms with van der Waals surface area (Å²) in [6.45, 7) is 0.764. The first kappa shape index (κ1) is 15.2. The molecule has 3 rings (SSSR count). The molecule has 0 unspecified atom stereocenters. The molecule has 1 saturated heterocycles. The third-order valence-corrected chi connectivity index (χ3v) is 3.33. The van der Waals surface area contributed by atoms with Crippen molar-refractivity contribution in [1.82, 2.24) is 10.2 Å². The van der Waals surface area contributed by atoms with E-state index in [-0.39, 0.29) is 37.2 Å². The zero-order valence-corrected chi connectivity index (χ0v) is 12.0. The Morgan fingerprint density at radius 2 is 2.24 bits per heavy atom. The zero-order valence-electron chi connectivity index (χ0n) is 11.2. The lowest BCUT2D eigenvalue weighted by Crippen LogP contribution is -2.32. The van der Waals surface area contributed by atoms with Gasteiger partial charge in [0.25, 0.3) is 5.69 Å². The van der Waals surface area contributed by atoms with Crippen LogP contribution in [0.5, 0.6) is 0 Å². The third kappa shape index (κ3) is 2.55. The first-order chi connectivity index (χ1) is 9.60. The molecule has 0 bridgehead atoms. The van der Waals surface area contributed by atoms with E-state index in [4.69, 9.17) is 4.74 Å². The largest absolute Gasteiger partial charge is 0.380 e. The van der Waals surface area contributed by atoms with Gasteiger partial charge in [0.15, 0.2) is 0 Å². The van der Waals surface area contributed by atoms with Gasteiger partial charge in [0.2, 0.25) is 11.9 Å². The number of benzene rings is 1. The molecule has 0 aromatic heterocycles. The average molecular weight is 313 g/mol. The molecule has 1 fully saturated rings. The number of methoxy groups -OCH3 is 1.